The van der Waals surface area contributed by atoms with Crippen LogP contribution in [0.1, 0.15) is 5.56 Å². The Morgan fingerprint density at radius 1 is 1.35 bits per heavy atom. The Labute approximate surface area is 120 Å². The van der Waals surface area contributed by atoms with Crippen LogP contribution >= 0.6 is 11.6 Å². The number of sulfone groups is 1. The summed E-state index contributed by atoms with van der Waals surface area (Å²) in [6, 6.07) is 3.70. The molecular weight excluding hydrogens is 312 g/mol. The topological polar surface area (TPSA) is 99.1 Å². The van der Waals surface area contributed by atoms with Gasteiger partial charge < -0.3 is 14.7 Å². The summed E-state index contributed by atoms with van der Waals surface area (Å²) >= 11 is 5.77. The van der Waals surface area contributed by atoms with Gasteiger partial charge in [0.25, 0.3) is 4.93 Å². The van der Waals surface area contributed by atoms with Crippen LogP contribution in [0, 0.1) is 0 Å². The average molecular weight is 325 g/mol. The van der Waals surface area contributed by atoms with Crippen molar-refractivity contribution in [1.29, 1.82) is 0 Å². The number of benzene rings is 1. The van der Waals surface area contributed by atoms with Gasteiger partial charge in [-0.15, -0.1) is 0 Å². The van der Waals surface area contributed by atoms with Crippen molar-refractivity contribution in [2.75, 3.05) is 20.5 Å². The standard InChI is InChI=1S/C11H13ClO7S/c1-17-10(13)11(14,20(3,15)16)8-6-7(12)4-5-9(8)19-18-2/h4-6,14H,1-3H3. The molecule has 0 fully saturated rings. The van der Waals surface area contributed by atoms with E-state index in [4.69, 9.17) is 16.5 Å². The summed E-state index contributed by atoms with van der Waals surface area (Å²) in [6.07, 6.45) is 0.682. The molecule has 1 rings (SSSR count). The first-order valence-electron chi connectivity index (χ1n) is 5.19. The third kappa shape index (κ3) is 2.88. The third-order valence-electron chi connectivity index (χ3n) is 2.48. The molecule has 1 atom stereocenters. The van der Waals surface area contributed by atoms with Gasteiger partial charge in [-0.3, -0.25) is 0 Å². The molecule has 1 aromatic carbocycles. The maximum absolute atomic E-state index is 11.8. The molecule has 0 saturated heterocycles. The van der Waals surface area contributed by atoms with Gasteiger partial charge in [0.1, 0.15) is 0 Å². The van der Waals surface area contributed by atoms with E-state index < -0.39 is 26.3 Å². The van der Waals surface area contributed by atoms with Crippen LogP contribution in [0.4, 0.5) is 0 Å². The molecule has 0 radical (unpaired) electrons. The molecule has 20 heavy (non-hydrogen) atoms. The van der Waals surface area contributed by atoms with Crippen LogP contribution < -0.4 is 4.89 Å². The first-order valence-corrected chi connectivity index (χ1v) is 7.46. The summed E-state index contributed by atoms with van der Waals surface area (Å²) in [5.41, 5.74) is -0.402. The molecule has 0 saturated carbocycles. The quantitative estimate of drug-likeness (QED) is 0.482. The number of hydrogen-bond acceptors (Lipinski definition) is 7. The summed E-state index contributed by atoms with van der Waals surface area (Å²) in [7, 11) is -2.18. The Kier molecular flexibility index (Phi) is 4.98. The lowest BCUT2D eigenvalue weighted by molar-refractivity contribution is -0.181. The zero-order valence-corrected chi connectivity index (χ0v) is 12.5. The molecule has 0 aliphatic rings. The minimum absolute atomic E-state index is 0.0921. The molecule has 9 heteroatoms. The summed E-state index contributed by atoms with van der Waals surface area (Å²) < 4.78 is 28.0. The van der Waals surface area contributed by atoms with Crippen LogP contribution in [0.25, 0.3) is 0 Å². The second-order valence-corrected chi connectivity index (χ2v) is 6.37. The van der Waals surface area contributed by atoms with Crippen molar-refractivity contribution in [2.45, 2.75) is 4.93 Å². The highest BCUT2D eigenvalue weighted by Crippen LogP contribution is 2.37. The molecule has 0 heterocycles. The van der Waals surface area contributed by atoms with Gasteiger partial charge in [-0.05, 0) is 18.2 Å². The van der Waals surface area contributed by atoms with Gasteiger partial charge in [-0.25, -0.2) is 13.2 Å². The first-order chi connectivity index (χ1) is 9.18. The highest BCUT2D eigenvalue weighted by molar-refractivity contribution is 7.92. The van der Waals surface area contributed by atoms with E-state index in [0.717, 1.165) is 13.2 Å². The Morgan fingerprint density at radius 2 is 1.95 bits per heavy atom. The third-order valence-corrected chi connectivity index (χ3v) is 4.17. The number of aliphatic hydroxyl groups is 1. The summed E-state index contributed by atoms with van der Waals surface area (Å²) in [5, 5.41) is 10.5. The SMILES string of the molecule is COOc1ccc(Cl)cc1C(O)(C(=O)OC)S(C)(=O)=O. The van der Waals surface area contributed by atoms with Crippen molar-refractivity contribution in [3.8, 4) is 5.75 Å². The predicted molar refractivity (Wildman–Crippen MR) is 69.8 cm³/mol. The number of ether oxygens (including phenoxy) is 1. The molecule has 1 aromatic rings. The van der Waals surface area contributed by atoms with Gasteiger partial charge in [0.15, 0.2) is 15.6 Å². The molecule has 0 bridgehead atoms. The average Bonchev–Trinajstić information content (AvgIpc) is 2.37. The van der Waals surface area contributed by atoms with Gasteiger partial charge in [-0.2, -0.15) is 4.89 Å². The van der Waals surface area contributed by atoms with Gasteiger partial charge in [0, 0.05) is 11.3 Å². The van der Waals surface area contributed by atoms with E-state index in [-0.39, 0.29) is 10.8 Å². The lowest BCUT2D eigenvalue weighted by Crippen LogP contribution is -2.44. The number of carbonyl (C=O) groups is 1. The van der Waals surface area contributed by atoms with E-state index in [1.165, 1.54) is 19.2 Å². The van der Waals surface area contributed by atoms with E-state index >= 15 is 0 Å². The fourth-order valence-electron chi connectivity index (χ4n) is 1.53. The fraction of sp³-hybridized carbons (Fsp3) is 0.364. The van der Waals surface area contributed by atoms with Crippen LogP contribution in [0.15, 0.2) is 18.2 Å². The van der Waals surface area contributed by atoms with E-state index in [0.29, 0.717) is 6.26 Å². The maximum Gasteiger partial charge on any atom is 0.359 e. The fourth-order valence-corrected chi connectivity index (χ4v) is 2.65. The zero-order chi connectivity index (χ0) is 15.6. The van der Waals surface area contributed by atoms with E-state index in [9.17, 15) is 18.3 Å². The summed E-state index contributed by atoms with van der Waals surface area (Å²) in [6.45, 7) is 0. The van der Waals surface area contributed by atoms with E-state index in [1.54, 1.807) is 0 Å². The number of hydrogen-bond donors (Lipinski definition) is 1. The van der Waals surface area contributed by atoms with Crippen molar-refractivity contribution in [3.63, 3.8) is 0 Å². The normalized spacial score (nSPS) is 14.4. The Morgan fingerprint density at radius 3 is 2.40 bits per heavy atom. The zero-order valence-electron chi connectivity index (χ0n) is 10.9. The second-order valence-electron chi connectivity index (χ2n) is 3.80. The van der Waals surface area contributed by atoms with Gasteiger partial charge in [0.05, 0.1) is 19.8 Å². The highest BCUT2D eigenvalue weighted by Gasteiger charge is 2.52. The van der Waals surface area contributed by atoms with Crippen molar-refractivity contribution < 1.29 is 32.8 Å². The number of carbonyl (C=O) groups excluding carboxylic acids is 1. The van der Waals surface area contributed by atoms with Crippen LogP contribution in [0.3, 0.4) is 0 Å². The van der Waals surface area contributed by atoms with Crippen molar-refractivity contribution in [2.24, 2.45) is 0 Å². The molecular formula is C11H13ClO7S. The first kappa shape index (κ1) is 16.7. The van der Waals surface area contributed by atoms with Crippen LogP contribution in [0.5, 0.6) is 5.75 Å². The Bertz CT molecular complexity index is 613. The van der Waals surface area contributed by atoms with Crippen molar-refractivity contribution in [1.82, 2.24) is 0 Å². The van der Waals surface area contributed by atoms with E-state index in [1.807, 2.05) is 0 Å². The van der Waals surface area contributed by atoms with Gasteiger partial charge in [-0.1, -0.05) is 11.6 Å². The number of methoxy groups -OCH3 is 1. The second kappa shape index (κ2) is 5.96. The van der Waals surface area contributed by atoms with Crippen molar-refractivity contribution in [3.05, 3.63) is 28.8 Å². The minimum atomic E-state index is -4.30. The smallest absolute Gasteiger partial charge is 0.359 e. The molecule has 1 unspecified atom stereocenters. The van der Waals surface area contributed by atoms with Gasteiger partial charge in [0.2, 0.25) is 0 Å². The molecule has 1 N–H and O–H groups in total. The lowest BCUT2D eigenvalue weighted by Gasteiger charge is -2.25. The summed E-state index contributed by atoms with van der Waals surface area (Å²) in [5.74, 6) is -1.57. The molecule has 0 spiro atoms. The van der Waals surface area contributed by atoms with Crippen LogP contribution in [0.2, 0.25) is 5.02 Å². The van der Waals surface area contributed by atoms with Gasteiger partial charge >= 0.3 is 5.97 Å². The minimum Gasteiger partial charge on any atom is -0.466 e. The van der Waals surface area contributed by atoms with E-state index in [2.05, 4.69) is 9.62 Å². The molecule has 0 amide bonds. The number of halogens is 1. The van der Waals surface area contributed by atoms with Crippen LogP contribution in [-0.2, 0) is 29.2 Å². The monoisotopic (exact) mass is 324 g/mol. The van der Waals surface area contributed by atoms with Crippen molar-refractivity contribution >= 4 is 27.4 Å². The number of rotatable bonds is 5. The molecule has 0 aromatic heterocycles. The molecule has 7 nitrogen and oxygen atoms in total. The summed E-state index contributed by atoms with van der Waals surface area (Å²) in [4.78, 5) is 18.0. The number of esters is 1. The highest BCUT2D eigenvalue weighted by atomic mass is 35.5. The Balaban J connectivity index is 3.66. The lowest BCUT2D eigenvalue weighted by atomic mass is 10.1. The predicted octanol–water partition coefficient (Wildman–Crippen LogP) is 0.643. The van der Waals surface area contributed by atoms with Crippen LogP contribution in [-0.4, -0.2) is 40.0 Å². The largest absolute Gasteiger partial charge is 0.466 e. The molecule has 0 aliphatic carbocycles. The Hall–Kier alpha value is -1.35. The maximum atomic E-state index is 11.8. The molecule has 112 valence electrons. The molecule has 0 aliphatic heterocycles.